The summed E-state index contributed by atoms with van der Waals surface area (Å²) in [4.78, 5) is 6.86. The summed E-state index contributed by atoms with van der Waals surface area (Å²) in [5.74, 6) is 1.71. The Labute approximate surface area is 126 Å². The fraction of sp³-hybridized carbons (Fsp3) is 0.471. The number of ether oxygens (including phenoxy) is 1. The van der Waals surface area contributed by atoms with Gasteiger partial charge in [-0.15, -0.1) is 0 Å². The molecule has 1 aromatic carbocycles. The van der Waals surface area contributed by atoms with Gasteiger partial charge in [0.25, 0.3) is 0 Å². The average Bonchev–Trinajstić information content (AvgIpc) is 3.10. The first kappa shape index (κ1) is 14.3. The zero-order valence-corrected chi connectivity index (χ0v) is 12.8. The second kappa shape index (κ2) is 6.41. The van der Waals surface area contributed by atoms with Gasteiger partial charge in [-0.25, -0.2) is 4.98 Å². The number of hydrogen-bond acceptors (Lipinski definition) is 3. The van der Waals surface area contributed by atoms with Crippen LogP contribution < -0.4 is 0 Å². The molecule has 4 nitrogen and oxygen atoms in total. The fourth-order valence-corrected chi connectivity index (χ4v) is 3.04. The summed E-state index contributed by atoms with van der Waals surface area (Å²) < 4.78 is 7.70. The predicted molar refractivity (Wildman–Crippen MR) is 83.6 cm³/mol. The van der Waals surface area contributed by atoms with Crippen LogP contribution in [0.3, 0.4) is 0 Å². The Kier molecular flexibility index (Phi) is 4.36. The molecule has 1 aromatic heterocycles. The third-order valence-corrected chi connectivity index (χ3v) is 4.05. The standard InChI is InChI=1S/C17H23N3O/c1-14-18-10-17(20(14)16-6-4-3-5-7-16)12-19(2)11-15-8-9-21-13-15/h3-7,10,15H,8-9,11-13H2,1-2H3/t15-/m1/s1. The number of aryl methyl sites for hydroxylation is 1. The van der Waals surface area contributed by atoms with Crippen molar-refractivity contribution < 1.29 is 4.74 Å². The number of rotatable bonds is 5. The second-order valence-electron chi connectivity index (χ2n) is 5.89. The maximum absolute atomic E-state index is 5.46. The largest absolute Gasteiger partial charge is 0.381 e. The van der Waals surface area contributed by atoms with Crippen LogP contribution in [0.2, 0.25) is 0 Å². The van der Waals surface area contributed by atoms with Crippen molar-refractivity contribution in [2.24, 2.45) is 5.92 Å². The van der Waals surface area contributed by atoms with Gasteiger partial charge in [-0.05, 0) is 38.4 Å². The molecule has 0 radical (unpaired) electrons. The van der Waals surface area contributed by atoms with E-state index in [-0.39, 0.29) is 0 Å². The van der Waals surface area contributed by atoms with E-state index < -0.39 is 0 Å². The topological polar surface area (TPSA) is 30.3 Å². The van der Waals surface area contributed by atoms with Crippen LogP contribution in [0.1, 0.15) is 17.9 Å². The number of nitrogens with zero attached hydrogens (tertiary/aromatic N) is 3. The Morgan fingerprint density at radius 2 is 2.14 bits per heavy atom. The van der Waals surface area contributed by atoms with Gasteiger partial charge >= 0.3 is 0 Å². The number of aromatic nitrogens is 2. The summed E-state index contributed by atoms with van der Waals surface area (Å²) in [5.41, 5.74) is 2.42. The molecule has 1 aliphatic rings. The van der Waals surface area contributed by atoms with Crippen LogP contribution in [-0.4, -0.2) is 41.3 Å². The van der Waals surface area contributed by atoms with Crippen LogP contribution in [0.5, 0.6) is 0 Å². The highest BCUT2D eigenvalue weighted by Gasteiger charge is 2.18. The van der Waals surface area contributed by atoms with Gasteiger partial charge in [0.05, 0.1) is 18.5 Å². The molecule has 0 amide bonds. The van der Waals surface area contributed by atoms with E-state index in [2.05, 4.69) is 52.7 Å². The fourth-order valence-electron chi connectivity index (χ4n) is 3.04. The highest BCUT2D eigenvalue weighted by molar-refractivity contribution is 5.35. The van der Waals surface area contributed by atoms with E-state index in [1.807, 2.05) is 12.3 Å². The minimum atomic E-state index is 0.671. The molecular weight excluding hydrogens is 262 g/mol. The molecule has 1 saturated heterocycles. The zero-order chi connectivity index (χ0) is 14.7. The smallest absolute Gasteiger partial charge is 0.110 e. The predicted octanol–water partition coefficient (Wildman–Crippen LogP) is 2.65. The maximum atomic E-state index is 5.46. The number of para-hydroxylation sites is 1. The van der Waals surface area contributed by atoms with Gasteiger partial charge in [-0.2, -0.15) is 0 Å². The Morgan fingerprint density at radius 1 is 1.33 bits per heavy atom. The number of hydrogen-bond donors (Lipinski definition) is 0. The summed E-state index contributed by atoms with van der Waals surface area (Å²) in [6, 6.07) is 10.4. The van der Waals surface area contributed by atoms with Crippen molar-refractivity contribution in [1.29, 1.82) is 0 Å². The molecule has 0 spiro atoms. The molecule has 1 aliphatic heterocycles. The molecule has 4 heteroatoms. The number of benzene rings is 1. The molecule has 2 heterocycles. The summed E-state index contributed by atoms with van der Waals surface area (Å²) in [5, 5.41) is 0. The molecular formula is C17H23N3O. The van der Waals surface area contributed by atoms with Gasteiger partial charge in [0.15, 0.2) is 0 Å². The van der Waals surface area contributed by atoms with Crippen molar-refractivity contribution in [3.05, 3.63) is 48.0 Å². The lowest BCUT2D eigenvalue weighted by atomic mass is 10.1. The molecule has 0 saturated carbocycles. The Hall–Kier alpha value is -1.65. The Morgan fingerprint density at radius 3 is 2.86 bits per heavy atom. The minimum absolute atomic E-state index is 0.671. The molecule has 0 aliphatic carbocycles. The lowest BCUT2D eigenvalue weighted by Crippen LogP contribution is -2.26. The van der Waals surface area contributed by atoms with Gasteiger partial charge in [0.2, 0.25) is 0 Å². The molecule has 0 N–H and O–H groups in total. The number of imidazole rings is 1. The molecule has 0 bridgehead atoms. The van der Waals surface area contributed by atoms with E-state index in [0.717, 1.165) is 32.1 Å². The molecule has 21 heavy (non-hydrogen) atoms. The second-order valence-corrected chi connectivity index (χ2v) is 5.89. The van der Waals surface area contributed by atoms with Crippen LogP contribution in [-0.2, 0) is 11.3 Å². The lowest BCUT2D eigenvalue weighted by Gasteiger charge is -2.21. The van der Waals surface area contributed by atoms with Gasteiger partial charge in [0, 0.05) is 25.4 Å². The van der Waals surface area contributed by atoms with Crippen LogP contribution in [0.25, 0.3) is 5.69 Å². The van der Waals surface area contributed by atoms with Crippen LogP contribution in [0.4, 0.5) is 0 Å². The van der Waals surface area contributed by atoms with E-state index in [9.17, 15) is 0 Å². The van der Waals surface area contributed by atoms with E-state index in [1.165, 1.54) is 17.8 Å². The van der Waals surface area contributed by atoms with Crippen molar-refractivity contribution in [1.82, 2.24) is 14.5 Å². The minimum Gasteiger partial charge on any atom is -0.381 e. The average molecular weight is 285 g/mol. The summed E-state index contributed by atoms with van der Waals surface area (Å²) >= 11 is 0. The highest BCUT2D eigenvalue weighted by Crippen LogP contribution is 2.18. The Bertz CT molecular complexity index is 573. The van der Waals surface area contributed by atoms with Crippen molar-refractivity contribution >= 4 is 0 Å². The van der Waals surface area contributed by atoms with Crippen molar-refractivity contribution in [3.63, 3.8) is 0 Å². The van der Waals surface area contributed by atoms with Crippen LogP contribution >= 0.6 is 0 Å². The first-order valence-corrected chi connectivity index (χ1v) is 7.59. The van der Waals surface area contributed by atoms with Crippen molar-refractivity contribution in [2.45, 2.75) is 19.9 Å². The van der Waals surface area contributed by atoms with Crippen molar-refractivity contribution in [3.8, 4) is 5.69 Å². The van der Waals surface area contributed by atoms with Gasteiger partial charge in [-0.3, -0.25) is 4.57 Å². The summed E-state index contributed by atoms with van der Waals surface area (Å²) in [7, 11) is 2.18. The third-order valence-electron chi connectivity index (χ3n) is 4.05. The van der Waals surface area contributed by atoms with Crippen LogP contribution in [0, 0.1) is 12.8 Å². The van der Waals surface area contributed by atoms with E-state index >= 15 is 0 Å². The van der Waals surface area contributed by atoms with Gasteiger partial charge in [-0.1, -0.05) is 18.2 Å². The third kappa shape index (κ3) is 3.34. The van der Waals surface area contributed by atoms with Gasteiger partial charge in [0.1, 0.15) is 5.82 Å². The van der Waals surface area contributed by atoms with Crippen molar-refractivity contribution in [2.75, 3.05) is 26.8 Å². The van der Waals surface area contributed by atoms with Crippen LogP contribution in [0.15, 0.2) is 36.5 Å². The molecule has 1 atom stereocenters. The van der Waals surface area contributed by atoms with Gasteiger partial charge < -0.3 is 9.64 Å². The molecule has 0 unspecified atom stereocenters. The monoisotopic (exact) mass is 285 g/mol. The molecule has 3 rings (SSSR count). The van der Waals surface area contributed by atoms with E-state index in [4.69, 9.17) is 4.74 Å². The SMILES string of the molecule is Cc1ncc(CN(C)C[C@H]2CCOC2)n1-c1ccccc1. The quantitative estimate of drug-likeness (QED) is 0.846. The molecule has 2 aromatic rings. The molecule has 1 fully saturated rings. The van der Waals surface area contributed by atoms with E-state index in [1.54, 1.807) is 0 Å². The zero-order valence-electron chi connectivity index (χ0n) is 12.8. The lowest BCUT2D eigenvalue weighted by molar-refractivity contribution is 0.172. The van der Waals surface area contributed by atoms with E-state index in [0.29, 0.717) is 5.92 Å². The Balaban J connectivity index is 1.73. The summed E-state index contributed by atoms with van der Waals surface area (Å²) in [6.07, 6.45) is 3.17. The molecule has 112 valence electrons. The first-order chi connectivity index (χ1) is 10.2. The normalized spacial score (nSPS) is 18.5. The highest BCUT2D eigenvalue weighted by atomic mass is 16.5. The summed E-state index contributed by atoms with van der Waals surface area (Å²) in [6.45, 7) is 5.87. The maximum Gasteiger partial charge on any atom is 0.110 e. The first-order valence-electron chi connectivity index (χ1n) is 7.59.